The lowest BCUT2D eigenvalue weighted by Crippen LogP contribution is -3.11. The quantitative estimate of drug-likeness (QED) is 0.520. The molecule has 0 unspecified atom stereocenters. The molecular weight excluding hydrogens is 114 g/mol. The van der Waals surface area contributed by atoms with Crippen LogP contribution in [0.4, 0.5) is 0 Å². The van der Waals surface area contributed by atoms with Crippen LogP contribution in [0.25, 0.3) is 0 Å². The van der Waals surface area contributed by atoms with E-state index in [-0.39, 0.29) is 0 Å². The molecule has 0 saturated heterocycles. The normalized spacial score (nSPS) is 8.67. The Balaban J connectivity index is 0. The van der Waals surface area contributed by atoms with Crippen molar-refractivity contribution in [3.8, 4) is 0 Å². The number of nitrogens with one attached hydrogen (secondary N) is 1. The smallest absolute Gasteiger partial charge is 0.0742 e. The van der Waals surface area contributed by atoms with Gasteiger partial charge in [-0.05, 0) is 20.8 Å². The van der Waals surface area contributed by atoms with Gasteiger partial charge in [-0.3, -0.25) is 0 Å². The van der Waals surface area contributed by atoms with Gasteiger partial charge < -0.3 is 10.0 Å². The molecule has 0 atom stereocenters. The highest BCUT2D eigenvalue weighted by molar-refractivity contribution is 4.11. The van der Waals surface area contributed by atoms with E-state index in [9.17, 15) is 0 Å². The first-order valence-electron chi connectivity index (χ1n) is 3.59. The average molecular weight is 133 g/mol. The van der Waals surface area contributed by atoms with E-state index in [1.807, 2.05) is 0 Å². The van der Waals surface area contributed by atoms with Crippen molar-refractivity contribution < 1.29 is 10.0 Å². The third kappa shape index (κ3) is 7.92. The van der Waals surface area contributed by atoms with E-state index >= 15 is 0 Å². The summed E-state index contributed by atoms with van der Waals surface area (Å²) in [5, 5.41) is 8.25. The summed E-state index contributed by atoms with van der Waals surface area (Å²) in [4.78, 5) is 1.68. The van der Waals surface area contributed by atoms with Gasteiger partial charge in [-0.25, -0.2) is 0 Å². The third-order valence-corrected chi connectivity index (χ3v) is 1.50. The molecule has 0 spiro atoms. The zero-order valence-electron chi connectivity index (χ0n) is 7.03. The molecule has 0 radical (unpaired) electrons. The largest absolute Gasteiger partial charge is 0.857 e. The second-order valence-corrected chi connectivity index (χ2v) is 1.81. The summed E-state index contributed by atoms with van der Waals surface area (Å²) >= 11 is 0. The van der Waals surface area contributed by atoms with Gasteiger partial charge in [0.1, 0.15) is 0 Å². The van der Waals surface area contributed by atoms with Crippen molar-refractivity contribution in [2.75, 3.05) is 26.7 Å². The first kappa shape index (κ1) is 11.7. The summed E-state index contributed by atoms with van der Waals surface area (Å²) in [6.07, 6.45) is 0. The molecule has 0 bridgehead atoms. The molecule has 9 heavy (non-hydrogen) atoms. The van der Waals surface area contributed by atoms with Crippen molar-refractivity contribution in [1.29, 1.82) is 0 Å². The number of rotatable bonds is 3. The van der Waals surface area contributed by atoms with Crippen LogP contribution in [-0.4, -0.2) is 26.7 Å². The molecule has 58 valence electrons. The summed E-state index contributed by atoms with van der Waals surface area (Å²) < 4.78 is 0. The molecule has 2 nitrogen and oxygen atoms in total. The summed E-state index contributed by atoms with van der Waals surface area (Å²) in [5.74, 6) is 0. The van der Waals surface area contributed by atoms with Gasteiger partial charge in [-0.15, -0.1) is 0 Å². The van der Waals surface area contributed by atoms with Crippen LogP contribution in [0.3, 0.4) is 0 Å². The molecule has 0 heterocycles. The topological polar surface area (TPSA) is 27.5 Å². The van der Waals surface area contributed by atoms with Gasteiger partial charge in [0, 0.05) is 0 Å². The van der Waals surface area contributed by atoms with Gasteiger partial charge in [0.25, 0.3) is 0 Å². The molecule has 2 heteroatoms. The van der Waals surface area contributed by atoms with Crippen LogP contribution in [0.15, 0.2) is 0 Å². The Labute approximate surface area is 58.5 Å². The van der Waals surface area contributed by atoms with Gasteiger partial charge in [0.15, 0.2) is 0 Å². The monoisotopic (exact) mass is 133 g/mol. The minimum absolute atomic E-state index is 0.750. The Morgan fingerprint density at radius 3 is 1.11 bits per heavy atom. The second kappa shape index (κ2) is 10.8. The Bertz CT molecular complexity index is 30.4. The lowest BCUT2D eigenvalue weighted by Gasteiger charge is -2.10. The van der Waals surface area contributed by atoms with Crippen molar-refractivity contribution in [3.63, 3.8) is 0 Å². The highest BCUT2D eigenvalue weighted by Crippen LogP contribution is 1.45. The molecule has 0 fully saturated rings. The fourth-order valence-electron chi connectivity index (χ4n) is 0.750. The Kier molecular flexibility index (Phi) is 14.0. The molecule has 0 aromatic rings. The van der Waals surface area contributed by atoms with Gasteiger partial charge in [-0.2, -0.15) is 7.11 Å². The van der Waals surface area contributed by atoms with Crippen LogP contribution in [0.5, 0.6) is 0 Å². The maximum absolute atomic E-state index is 8.25. The minimum atomic E-state index is 0.750. The number of quaternary nitrogens is 1. The van der Waals surface area contributed by atoms with E-state index in [1.165, 1.54) is 19.6 Å². The van der Waals surface area contributed by atoms with Crippen molar-refractivity contribution in [3.05, 3.63) is 0 Å². The molecule has 0 aromatic carbocycles. The minimum Gasteiger partial charge on any atom is -0.857 e. The number of hydrogen-bond acceptors (Lipinski definition) is 1. The van der Waals surface area contributed by atoms with Crippen LogP contribution in [0.1, 0.15) is 20.8 Å². The van der Waals surface area contributed by atoms with Crippen LogP contribution >= 0.6 is 0 Å². The first-order chi connectivity index (χ1) is 4.35. The van der Waals surface area contributed by atoms with Gasteiger partial charge in [0.05, 0.1) is 19.6 Å². The molecule has 0 aliphatic heterocycles. The maximum Gasteiger partial charge on any atom is 0.0742 e. The predicted octanol–water partition coefficient (Wildman–Crippen LogP) is -1.09. The fraction of sp³-hybridized carbons (Fsp3) is 1.00. The van der Waals surface area contributed by atoms with Crippen LogP contribution in [-0.2, 0) is 0 Å². The zero-order valence-corrected chi connectivity index (χ0v) is 7.03. The van der Waals surface area contributed by atoms with E-state index in [0.29, 0.717) is 0 Å². The van der Waals surface area contributed by atoms with Crippen LogP contribution in [0, 0.1) is 0 Å². The van der Waals surface area contributed by atoms with Crippen molar-refractivity contribution in [1.82, 2.24) is 0 Å². The molecule has 0 saturated carbocycles. The molecule has 0 rings (SSSR count). The maximum atomic E-state index is 8.25. The van der Waals surface area contributed by atoms with Crippen LogP contribution in [0.2, 0.25) is 0 Å². The Morgan fingerprint density at radius 1 is 0.889 bits per heavy atom. The van der Waals surface area contributed by atoms with E-state index in [4.69, 9.17) is 5.11 Å². The molecule has 0 amide bonds. The summed E-state index contributed by atoms with van der Waals surface area (Å²) in [6, 6.07) is 0. The molecule has 1 N–H and O–H groups in total. The SMILES string of the molecule is CC[NH+](CC)CC.C[O-]. The highest BCUT2D eigenvalue weighted by Gasteiger charge is 1.92. The second-order valence-electron chi connectivity index (χ2n) is 1.81. The van der Waals surface area contributed by atoms with E-state index in [0.717, 1.165) is 7.11 Å². The lowest BCUT2D eigenvalue weighted by atomic mass is 10.5. The lowest BCUT2D eigenvalue weighted by molar-refractivity contribution is -0.894. The van der Waals surface area contributed by atoms with Gasteiger partial charge in [0.2, 0.25) is 0 Å². The standard InChI is InChI=1S/C6H15N.CH3O/c1-4-7(5-2)6-3;1-2/h4-6H2,1-3H3;1H3/q;-1/p+1. The predicted molar refractivity (Wildman–Crippen MR) is 38.5 cm³/mol. The van der Waals surface area contributed by atoms with E-state index in [2.05, 4.69) is 20.8 Å². The fourth-order valence-corrected chi connectivity index (χ4v) is 0.750. The molecular formula is C7H19NO. The highest BCUT2D eigenvalue weighted by atomic mass is 16.2. The summed E-state index contributed by atoms with van der Waals surface area (Å²) in [6.45, 7) is 10.5. The van der Waals surface area contributed by atoms with Crippen molar-refractivity contribution in [2.45, 2.75) is 20.8 Å². The van der Waals surface area contributed by atoms with Crippen LogP contribution < -0.4 is 10.0 Å². The Morgan fingerprint density at radius 2 is 1.11 bits per heavy atom. The summed E-state index contributed by atoms with van der Waals surface area (Å²) in [5.41, 5.74) is 0. The van der Waals surface area contributed by atoms with Gasteiger partial charge in [-0.1, -0.05) is 0 Å². The average Bonchev–Trinajstić information content (AvgIpc) is 1.96. The molecule has 0 aliphatic rings. The van der Waals surface area contributed by atoms with Crippen molar-refractivity contribution in [2.24, 2.45) is 0 Å². The van der Waals surface area contributed by atoms with Gasteiger partial charge >= 0.3 is 0 Å². The zero-order chi connectivity index (χ0) is 7.70. The first-order valence-corrected chi connectivity index (χ1v) is 3.59. The Hall–Kier alpha value is -0.0800. The third-order valence-electron chi connectivity index (χ3n) is 1.50. The summed E-state index contributed by atoms with van der Waals surface area (Å²) in [7, 11) is 0.750. The van der Waals surface area contributed by atoms with E-state index < -0.39 is 0 Å². The van der Waals surface area contributed by atoms with Crippen molar-refractivity contribution >= 4 is 0 Å². The number of hydrogen-bond donors (Lipinski definition) is 1. The van der Waals surface area contributed by atoms with E-state index in [1.54, 1.807) is 4.90 Å². The molecule has 0 aromatic heterocycles. The molecule has 0 aliphatic carbocycles.